The van der Waals surface area contributed by atoms with Crippen molar-refractivity contribution < 1.29 is 18.0 Å². The molecule has 0 aliphatic carbocycles. The van der Waals surface area contributed by atoms with Gasteiger partial charge in [0.1, 0.15) is 6.07 Å². The molecule has 0 spiro atoms. The molecular formula is C25H23F3N4O. The highest BCUT2D eigenvalue weighted by atomic mass is 19.4. The summed E-state index contributed by atoms with van der Waals surface area (Å²) in [5.41, 5.74) is 2.92. The molecule has 1 aliphatic heterocycles. The number of fused-ring (bicyclic) bond motifs is 1. The molecule has 1 fully saturated rings. The van der Waals surface area contributed by atoms with Crippen LogP contribution in [0.2, 0.25) is 0 Å². The maximum Gasteiger partial charge on any atom is 0.416 e. The number of piperidine rings is 1. The van der Waals surface area contributed by atoms with Crippen molar-refractivity contribution in [1.82, 2.24) is 4.98 Å². The van der Waals surface area contributed by atoms with Crippen molar-refractivity contribution in [1.29, 1.82) is 5.26 Å². The molecule has 1 N–H and O–H groups in total. The number of carbonyl (C=O) groups excluding carboxylic acids is 1. The van der Waals surface area contributed by atoms with Crippen molar-refractivity contribution in [2.45, 2.75) is 32.4 Å². The number of hydrogen-bond acceptors (Lipinski definition) is 4. The van der Waals surface area contributed by atoms with Crippen LogP contribution in [0, 0.1) is 17.2 Å². The van der Waals surface area contributed by atoms with Gasteiger partial charge in [-0.3, -0.25) is 9.78 Å². The summed E-state index contributed by atoms with van der Waals surface area (Å²) < 4.78 is 38.2. The Kier molecular flexibility index (Phi) is 6.23. The Labute approximate surface area is 189 Å². The number of aromatic nitrogens is 1. The average molecular weight is 452 g/mol. The van der Waals surface area contributed by atoms with Gasteiger partial charge in [-0.2, -0.15) is 18.4 Å². The molecule has 0 atom stereocenters. The summed E-state index contributed by atoms with van der Waals surface area (Å²) in [5.74, 6) is -0.462. The predicted octanol–water partition coefficient (Wildman–Crippen LogP) is 5.54. The van der Waals surface area contributed by atoms with Gasteiger partial charge in [0.05, 0.1) is 22.3 Å². The lowest BCUT2D eigenvalue weighted by Gasteiger charge is -2.34. The van der Waals surface area contributed by atoms with E-state index in [2.05, 4.69) is 34.3 Å². The Bertz CT molecular complexity index is 1210. The fourth-order valence-electron chi connectivity index (χ4n) is 4.22. The summed E-state index contributed by atoms with van der Waals surface area (Å²) in [7, 11) is 0. The van der Waals surface area contributed by atoms with Crippen molar-refractivity contribution in [3.8, 4) is 6.07 Å². The molecular weight excluding hydrogens is 429 g/mol. The summed E-state index contributed by atoms with van der Waals surface area (Å²) >= 11 is 0. The number of carbonyl (C=O) groups is 1. The highest BCUT2D eigenvalue weighted by molar-refractivity contribution is 5.96. The highest BCUT2D eigenvalue weighted by Crippen LogP contribution is 2.34. The van der Waals surface area contributed by atoms with Gasteiger partial charge in [-0.05, 0) is 61.2 Å². The average Bonchev–Trinajstić information content (AvgIpc) is 2.82. The SMILES string of the molecule is CCc1ccc2ncc(C#N)c(N3CCC(C(=O)Nc4ccc(C(F)(F)F)cc4)CC3)c2c1. The quantitative estimate of drug-likeness (QED) is 0.564. The number of hydrogen-bond donors (Lipinski definition) is 1. The van der Waals surface area contributed by atoms with Crippen molar-refractivity contribution >= 4 is 28.2 Å². The number of rotatable bonds is 4. The van der Waals surface area contributed by atoms with Crippen LogP contribution in [-0.4, -0.2) is 24.0 Å². The van der Waals surface area contributed by atoms with Gasteiger partial charge < -0.3 is 10.2 Å². The molecule has 3 aromatic rings. The zero-order valence-corrected chi connectivity index (χ0v) is 18.1. The number of halogens is 3. The molecule has 2 aromatic carbocycles. The van der Waals surface area contributed by atoms with E-state index in [1.165, 1.54) is 12.1 Å². The number of aryl methyl sites for hydroxylation is 1. The van der Waals surface area contributed by atoms with E-state index in [1.54, 1.807) is 6.20 Å². The van der Waals surface area contributed by atoms with Crippen LogP contribution in [0.4, 0.5) is 24.5 Å². The molecule has 170 valence electrons. The third kappa shape index (κ3) is 4.77. The summed E-state index contributed by atoms with van der Waals surface area (Å²) in [5, 5.41) is 13.3. The Morgan fingerprint density at radius 2 is 1.88 bits per heavy atom. The molecule has 1 amide bonds. The molecule has 1 aromatic heterocycles. The van der Waals surface area contributed by atoms with Gasteiger partial charge in [0.2, 0.25) is 5.91 Å². The van der Waals surface area contributed by atoms with E-state index >= 15 is 0 Å². The first-order valence-corrected chi connectivity index (χ1v) is 10.8. The van der Waals surface area contributed by atoms with Crippen molar-refractivity contribution in [2.24, 2.45) is 5.92 Å². The standard InChI is InChI=1S/C25H23F3N4O/c1-2-16-3-8-22-21(13-16)23(18(14-29)15-30-22)32-11-9-17(10-12-32)24(33)31-20-6-4-19(5-7-20)25(26,27)28/h3-8,13,15,17H,2,9-12H2,1H3,(H,31,33). The predicted molar refractivity (Wildman–Crippen MR) is 121 cm³/mol. The van der Waals surface area contributed by atoms with E-state index in [0.29, 0.717) is 37.2 Å². The number of amides is 1. The zero-order valence-electron chi connectivity index (χ0n) is 18.1. The van der Waals surface area contributed by atoms with E-state index < -0.39 is 11.7 Å². The lowest BCUT2D eigenvalue weighted by Crippen LogP contribution is -2.38. The van der Waals surface area contributed by atoms with Gasteiger partial charge in [0.15, 0.2) is 0 Å². The molecule has 8 heteroatoms. The Morgan fingerprint density at radius 3 is 2.48 bits per heavy atom. The first kappa shape index (κ1) is 22.6. The second-order valence-corrected chi connectivity index (χ2v) is 8.16. The van der Waals surface area contributed by atoms with E-state index in [9.17, 15) is 23.2 Å². The van der Waals surface area contributed by atoms with Gasteiger partial charge in [-0.15, -0.1) is 0 Å². The smallest absolute Gasteiger partial charge is 0.370 e. The number of alkyl halides is 3. The maximum absolute atomic E-state index is 12.7. The van der Waals surface area contributed by atoms with Crippen LogP contribution in [0.15, 0.2) is 48.7 Å². The first-order chi connectivity index (χ1) is 15.8. The van der Waals surface area contributed by atoms with Gasteiger partial charge >= 0.3 is 6.18 Å². The summed E-state index contributed by atoms with van der Waals surface area (Å²) in [6.45, 7) is 3.26. The zero-order chi connectivity index (χ0) is 23.6. The van der Waals surface area contributed by atoms with Gasteiger partial charge in [-0.1, -0.05) is 13.0 Å². The van der Waals surface area contributed by atoms with Crippen LogP contribution >= 0.6 is 0 Å². The minimum atomic E-state index is -4.41. The summed E-state index contributed by atoms with van der Waals surface area (Å²) in [6, 6.07) is 12.8. The molecule has 0 bridgehead atoms. The first-order valence-electron chi connectivity index (χ1n) is 10.8. The highest BCUT2D eigenvalue weighted by Gasteiger charge is 2.30. The number of nitriles is 1. The Morgan fingerprint density at radius 1 is 1.18 bits per heavy atom. The summed E-state index contributed by atoms with van der Waals surface area (Å²) in [6.07, 6.45) is -0.791. The molecule has 0 radical (unpaired) electrons. The third-order valence-corrected chi connectivity index (χ3v) is 6.09. The van der Waals surface area contributed by atoms with Crippen LogP contribution in [0.1, 0.15) is 36.5 Å². The fraction of sp³-hybridized carbons (Fsp3) is 0.320. The van der Waals surface area contributed by atoms with Crippen LogP contribution in [0.3, 0.4) is 0 Å². The third-order valence-electron chi connectivity index (χ3n) is 6.09. The summed E-state index contributed by atoms with van der Waals surface area (Å²) in [4.78, 5) is 19.2. The molecule has 4 rings (SSSR count). The molecule has 1 saturated heterocycles. The van der Waals surface area contributed by atoms with Crippen molar-refractivity contribution in [3.05, 3.63) is 65.4 Å². The molecule has 0 unspecified atom stereocenters. The van der Waals surface area contributed by atoms with Gasteiger partial charge in [0, 0.05) is 36.3 Å². The molecule has 0 saturated carbocycles. The van der Waals surface area contributed by atoms with Gasteiger partial charge in [0.25, 0.3) is 0 Å². The lowest BCUT2D eigenvalue weighted by atomic mass is 9.94. The van der Waals surface area contributed by atoms with E-state index in [1.807, 2.05) is 12.1 Å². The number of nitrogens with zero attached hydrogens (tertiary/aromatic N) is 3. The Balaban J connectivity index is 1.47. The monoisotopic (exact) mass is 452 g/mol. The van der Waals surface area contributed by atoms with E-state index in [-0.39, 0.29) is 11.8 Å². The maximum atomic E-state index is 12.7. The lowest BCUT2D eigenvalue weighted by molar-refractivity contribution is -0.137. The number of anilines is 2. The van der Waals surface area contributed by atoms with Crippen molar-refractivity contribution in [3.63, 3.8) is 0 Å². The number of nitrogens with one attached hydrogen (secondary N) is 1. The van der Waals surface area contributed by atoms with Crippen LogP contribution in [0.5, 0.6) is 0 Å². The molecule has 2 heterocycles. The van der Waals surface area contributed by atoms with Crippen LogP contribution in [-0.2, 0) is 17.4 Å². The van der Waals surface area contributed by atoms with Gasteiger partial charge in [-0.25, -0.2) is 0 Å². The largest absolute Gasteiger partial charge is 0.416 e. The van der Waals surface area contributed by atoms with Crippen LogP contribution < -0.4 is 10.2 Å². The van der Waals surface area contributed by atoms with Crippen LogP contribution in [0.25, 0.3) is 10.9 Å². The molecule has 33 heavy (non-hydrogen) atoms. The van der Waals surface area contributed by atoms with E-state index in [4.69, 9.17) is 0 Å². The second kappa shape index (κ2) is 9.10. The minimum absolute atomic E-state index is 0.206. The van der Waals surface area contributed by atoms with Crippen molar-refractivity contribution in [2.75, 3.05) is 23.3 Å². The number of benzene rings is 2. The normalized spacial score (nSPS) is 14.8. The topological polar surface area (TPSA) is 69.0 Å². The van der Waals surface area contributed by atoms with E-state index in [0.717, 1.165) is 40.7 Å². The second-order valence-electron chi connectivity index (χ2n) is 8.16. The number of pyridine rings is 1. The Hall–Kier alpha value is -3.60. The molecule has 5 nitrogen and oxygen atoms in total. The fourth-order valence-corrected chi connectivity index (χ4v) is 4.22. The minimum Gasteiger partial charge on any atom is -0.370 e. The molecule has 1 aliphatic rings.